The van der Waals surface area contributed by atoms with E-state index in [2.05, 4.69) is 16.9 Å². The van der Waals surface area contributed by atoms with Crippen molar-refractivity contribution in [2.75, 3.05) is 12.4 Å². The molecule has 0 bridgehead atoms. The zero-order chi connectivity index (χ0) is 13.5. The van der Waals surface area contributed by atoms with Gasteiger partial charge in [-0.1, -0.05) is 39.0 Å². The second-order valence-electron chi connectivity index (χ2n) is 4.79. The quantitative estimate of drug-likeness (QED) is 0.522. The van der Waals surface area contributed by atoms with Crippen LogP contribution >= 0.6 is 23.4 Å². The molecule has 0 aromatic carbocycles. The second kappa shape index (κ2) is 7.95. The molecule has 0 saturated heterocycles. The summed E-state index contributed by atoms with van der Waals surface area (Å²) in [6, 6.07) is 0. The van der Waals surface area contributed by atoms with Crippen LogP contribution in [0.5, 0.6) is 5.88 Å². The smallest absolute Gasteiger partial charge is 0.232 e. The molecule has 2 rings (SSSR count). The van der Waals surface area contributed by atoms with E-state index in [4.69, 9.17) is 16.3 Å². The number of hydrogen-bond donors (Lipinski definition) is 0. The molecule has 0 spiro atoms. The van der Waals surface area contributed by atoms with Crippen molar-refractivity contribution in [3.05, 3.63) is 11.0 Å². The highest BCUT2D eigenvalue weighted by molar-refractivity contribution is 7.99. The summed E-state index contributed by atoms with van der Waals surface area (Å²) in [6.07, 6.45) is 8.55. The molecule has 0 saturated carbocycles. The molecule has 0 radical (unpaired) electrons. The number of hydrogen-bond acceptors (Lipinski definition) is 4. The number of nitrogens with zero attached hydrogens (tertiary/aromatic N) is 2. The van der Waals surface area contributed by atoms with E-state index in [0.29, 0.717) is 11.2 Å². The fraction of sp³-hybridized carbons (Fsp3) is 0.714. The van der Waals surface area contributed by atoms with Gasteiger partial charge in [0.1, 0.15) is 0 Å². The van der Waals surface area contributed by atoms with Crippen LogP contribution in [0.25, 0.3) is 0 Å². The van der Waals surface area contributed by atoms with Gasteiger partial charge in [0, 0.05) is 12.2 Å². The van der Waals surface area contributed by atoms with Crippen LogP contribution in [-0.2, 0) is 6.42 Å². The van der Waals surface area contributed by atoms with Gasteiger partial charge >= 0.3 is 0 Å². The Bertz CT molecular complexity index is 415. The molecule has 2 heterocycles. The van der Waals surface area contributed by atoms with Crippen molar-refractivity contribution >= 4 is 23.4 Å². The molecule has 1 aromatic heterocycles. The fourth-order valence-electron chi connectivity index (χ4n) is 2.16. The minimum Gasteiger partial charge on any atom is -0.477 e. The molecule has 0 unspecified atom stereocenters. The molecule has 3 nitrogen and oxygen atoms in total. The highest BCUT2D eigenvalue weighted by Gasteiger charge is 2.20. The third-order valence-corrected chi connectivity index (χ3v) is 4.48. The molecule has 1 aliphatic rings. The van der Waals surface area contributed by atoms with Crippen LogP contribution in [0.3, 0.4) is 0 Å². The Morgan fingerprint density at radius 2 is 1.95 bits per heavy atom. The van der Waals surface area contributed by atoms with E-state index in [1.807, 2.05) is 0 Å². The predicted octanol–water partition coefficient (Wildman–Crippen LogP) is 4.52. The van der Waals surface area contributed by atoms with E-state index in [1.54, 1.807) is 11.8 Å². The lowest BCUT2D eigenvalue weighted by atomic mass is 10.1. The molecular weight excluding hydrogens is 280 g/mol. The highest BCUT2D eigenvalue weighted by atomic mass is 35.5. The Labute approximate surface area is 124 Å². The summed E-state index contributed by atoms with van der Waals surface area (Å²) >= 11 is 7.68. The number of halogens is 1. The van der Waals surface area contributed by atoms with Crippen LogP contribution in [-0.4, -0.2) is 22.3 Å². The van der Waals surface area contributed by atoms with Gasteiger partial charge in [-0.25, -0.2) is 4.98 Å². The molecular formula is C14H21ClN2OS. The summed E-state index contributed by atoms with van der Waals surface area (Å²) in [4.78, 5) is 9.54. The average Bonchev–Trinajstić information content (AvgIpc) is 2.85. The summed E-state index contributed by atoms with van der Waals surface area (Å²) in [7, 11) is 0. The third-order valence-electron chi connectivity index (χ3n) is 3.20. The van der Waals surface area contributed by atoms with Gasteiger partial charge in [-0.15, -0.1) is 11.8 Å². The summed E-state index contributed by atoms with van der Waals surface area (Å²) in [5, 5.41) is 0.305. The number of thioether (sulfide) groups is 1. The Hall–Kier alpha value is -0.480. The van der Waals surface area contributed by atoms with Gasteiger partial charge in [0.05, 0.1) is 17.2 Å². The number of aryl methyl sites for hydroxylation is 1. The first-order valence-electron chi connectivity index (χ1n) is 7.13. The van der Waals surface area contributed by atoms with Crippen LogP contribution in [0.1, 0.15) is 51.1 Å². The largest absolute Gasteiger partial charge is 0.477 e. The first-order valence-corrected chi connectivity index (χ1v) is 8.49. The highest BCUT2D eigenvalue weighted by Crippen LogP contribution is 2.37. The lowest BCUT2D eigenvalue weighted by Crippen LogP contribution is -2.02. The zero-order valence-electron chi connectivity index (χ0n) is 11.5. The van der Waals surface area contributed by atoms with Gasteiger partial charge in [-0.2, -0.15) is 4.98 Å². The lowest BCUT2D eigenvalue weighted by Gasteiger charge is -2.09. The summed E-state index contributed by atoms with van der Waals surface area (Å²) in [5.41, 5.74) is 1.04. The number of fused-ring (bicyclic) bond motifs is 1. The molecule has 0 fully saturated rings. The van der Waals surface area contributed by atoms with E-state index in [1.165, 1.54) is 32.1 Å². The first kappa shape index (κ1) is 14.9. The van der Waals surface area contributed by atoms with Crippen molar-refractivity contribution in [3.8, 4) is 5.88 Å². The van der Waals surface area contributed by atoms with Crippen molar-refractivity contribution in [1.82, 2.24) is 9.97 Å². The van der Waals surface area contributed by atoms with Crippen LogP contribution in [0, 0.1) is 0 Å². The standard InChI is InChI=1S/C14H21ClN2OS/c1-2-3-4-5-6-7-9-18-13-12-11(8-10-19-12)16-14(15)17-13/h2-10H2,1H3. The first-order chi connectivity index (χ1) is 9.31. The van der Waals surface area contributed by atoms with Gasteiger partial charge in [0.2, 0.25) is 11.2 Å². The second-order valence-corrected chi connectivity index (χ2v) is 6.23. The maximum atomic E-state index is 5.91. The average molecular weight is 301 g/mol. The van der Waals surface area contributed by atoms with Crippen molar-refractivity contribution in [1.29, 1.82) is 0 Å². The van der Waals surface area contributed by atoms with Crippen LogP contribution in [0.2, 0.25) is 5.28 Å². The molecule has 0 N–H and O–H groups in total. The zero-order valence-corrected chi connectivity index (χ0v) is 13.0. The van der Waals surface area contributed by atoms with Gasteiger partial charge in [0.15, 0.2) is 0 Å². The Morgan fingerprint density at radius 1 is 1.16 bits per heavy atom. The predicted molar refractivity (Wildman–Crippen MR) is 80.3 cm³/mol. The monoisotopic (exact) mass is 300 g/mol. The molecule has 5 heteroatoms. The molecule has 19 heavy (non-hydrogen) atoms. The van der Waals surface area contributed by atoms with Crippen molar-refractivity contribution in [2.24, 2.45) is 0 Å². The summed E-state index contributed by atoms with van der Waals surface area (Å²) < 4.78 is 5.78. The van der Waals surface area contributed by atoms with E-state index >= 15 is 0 Å². The van der Waals surface area contributed by atoms with Crippen molar-refractivity contribution < 1.29 is 4.74 Å². The van der Waals surface area contributed by atoms with Crippen LogP contribution in [0.15, 0.2) is 4.90 Å². The molecule has 1 aliphatic heterocycles. The maximum Gasteiger partial charge on any atom is 0.232 e. The maximum absolute atomic E-state index is 5.91. The van der Waals surface area contributed by atoms with Gasteiger partial charge < -0.3 is 4.74 Å². The number of ether oxygens (including phenoxy) is 1. The topological polar surface area (TPSA) is 35.0 Å². The third kappa shape index (κ3) is 4.53. The van der Waals surface area contributed by atoms with Crippen LogP contribution in [0.4, 0.5) is 0 Å². The van der Waals surface area contributed by atoms with Crippen molar-refractivity contribution in [3.63, 3.8) is 0 Å². The van der Waals surface area contributed by atoms with Crippen molar-refractivity contribution in [2.45, 2.75) is 56.8 Å². The number of unbranched alkanes of at least 4 members (excludes halogenated alkanes) is 5. The molecule has 0 amide bonds. The molecule has 0 atom stereocenters. The van der Waals surface area contributed by atoms with Gasteiger partial charge in [-0.05, 0) is 18.0 Å². The lowest BCUT2D eigenvalue weighted by molar-refractivity contribution is 0.285. The van der Waals surface area contributed by atoms with E-state index in [9.17, 15) is 0 Å². The number of aromatic nitrogens is 2. The SMILES string of the molecule is CCCCCCCCOc1nc(Cl)nc2c1SCC2. The summed E-state index contributed by atoms with van der Waals surface area (Å²) in [6.45, 7) is 2.96. The van der Waals surface area contributed by atoms with E-state index in [-0.39, 0.29) is 0 Å². The number of rotatable bonds is 8. The van der Waals surface area contributed by atoms with Gasteiger partial charge in [0.25, 0.3) is 0 Å². The van der Waals surface area contributed by atoms with Crippen LogP contribution < -0.4 is 4.74 Å². The Morgan fingerprint density at radius 3 is 2.79 bits per heavy atom. The fourth-order valence-corrected chi connectivity index (χ4v) is 3.38. The van der Waals surface area contributed by atoms with E-state index in [0.717, 1.165) is 35.8 Å². The van der Waals surface area contributed by atoms with Gasteiger partial charge in [-0.3, -0.25) is 0 Å². The summed E-state index contributed by atoms with van der Waals surface area (Å²) in [5.74, 6) is 1.74. The van der Waals surface area contributed by atoms with E-state index < -0.39 is 0 Å². The Kier molecular flexibility index (Phi) is 6.24. The molecule has 1 aromatic rings. The minimum absolute atomic E-state index is 0.305. The normalized spacial score (nSPS) is 13.6. The Balaban J connectivity index is 1.74. The molecule has 0 aliphatic carbocycles. The minimum atomic E-state index is 0.305. The molecule has 106 valence electrons.